The third kappa shape index (κ3) is 6.04. The van der Waals surface area contributed by atoms with Crippen molar-refractivity contribution in [2.24, 2.45) is 0 Å². The first kappa shape index (κ1) is 20.8. The van der Waals surface area contributed by atoms with Gasteiger partial charge in [0.1, 0.15) is 0 Å². The number of anilines is 1. The van der Waals surface area contributed by atoms with E-state index >= 15 is 0 Å². The zero-order chi connectivity index (χ0) is 19.8. The van der Waals surface area contributed by atoms with Crippen LogP contribution >= 0.6 is 0 Å². The van der Waals surface area contributed by atoms with Crippen LogP contribution in [0, 0.1) is 0 Å². The summed E-state index contributed by atoms with van der Waals surface area (Å²) in [6, 6.07) is 7.97. The number of hydrogen-bond donors (Lipinski definition) is 1. The van der Waals surface area contributed by atoms with Crippen molar-refractivity contribution >= 4 is 17.5 Å². The van der Waals surface area contributed by atoms with Crippen LogP contribution in [-0.2, 0) is 16.0 Å². The maximum Gasteiger partial charge on any atom is 0.238 e. The second kappa shape index (κ2) is 10.6. The molecule has 0 aromatic heterocycles. The van der Waals surface area contributed by atoms with Gasteiger partial charge in [0.05, 0.1) is 13.1 Å². The second-order valence-corrected chi connectivity index (χ2v) is 7.91. The van der Waals surface area contributed by atoms with Crippen molar-refractivity contribution in [2.45, 2.75) is 39.0 Å². The Kier molecular flexibility index (Phi) is 7.86. The Bertz CT molecular complexity index is 648. The van der Waals surface area contributed by atoms with Crippen LogP contribution in [0.5, 0.6) is 0 Å². The van der Waals surface area contributed by atoms with E-state index in [1.807, 2.05) is 23.1 Å². The van der Waals surface area contributed by atoms with Gasteiger partial charge in [0.2, 0.25) is 11.8 Å². The number of hydrogen-bond acceptors (Lipinski definition) is 4. The Hall–Kier alpha value is -1.92. The summed E-state index contributed by atoms with van der Waals surface area (Å²) in [5.41, 5.74) is 2.07. The molecule has 0 spiro atoms. The average Bonchev–Trinajstić information content (AvgIpc) is 2.99. The Morgan fingerprint density at radius 1 is 0.857 bits per heavy atom. The van der Waals surface area contributed by atoms with Crippen molar-refractivity contribution in [3.05, 3.63) is 29.8 Å². The number of nitrogens with one attached hydrogen (secondary N) is 1. The van der Waals surface area contributed by atoms with E-state index in [0.29, 0.717) is 13.1 Å². The third-order valence-corrected chi connectivity index (χ3v) is 5.82. The van der Waals surface area contributed by atoms with Crippen LogP contribution in [0.15, 0.2) is 24.3 Å². The maximum absolute atomic E-state index is 12.5. The highest BCUT2D eigenvalue weighted by Gasteiger charge is 2.23. The van der Waals surface area contributed by atoms with Crippen molar-refractivity contribution in [1.29, 1.82) is 0 Å². The molecule has 2 heterocycles. The van der Waals surface area contributed by atoms with Crippen LogP contribution in [0.3, 0.4) is 0 Å². The van der Waals surface area contributed by atoms with E-state index < -0.39 is 0 Å². The van der Waals surface area contributed by atoms with Crippen LogP contribution < -0.4 is 5.32 Å². The summed E-state index contributed by atoms with van der Waals surface area (Å²) in [4.78, 5) is 31.4. The van der Waals surface area contributed by atoms with Gasteiger partial charge < -0.3 is 10.2 Å². The fourth-order valence-corrected chi connectivity index (χ4v) is 4.06. The lowest BCUT2D eigenvalue weighted by molar-refractivity contribution is -0.133. The SMILES string of the molecule is CCc1ccccc1NC(=O)CN1CCN(CC(=O)N2CCCCCC2)CC1. The summed E-state index contributed by atoms with van der Waals surface area (Å²) in [5.74, 6) is 0.305. The van der Waals surface area contributed by atoms with Gasteiger partial charge in [-0.05, 0) is 30.9 Å². The molecule has 1 aromatic rings. The van der Waals surface area contributed by atoms with Crippen LogP contribution in [0.4, 0.5) is 5.69 Å². The van der Waals surface area contributed by atoms with E-state index in [0.717, 1.165) is 69.8 Å². The minimum Gasteiger partial charge on any atom is -0.342 e. The van der Waals surface area contributed by atoms with E-state index in [1.165, 1.54) is 12.8 Å². The van der Waals surface area contributed by atoms with Crippen molar-refractivity contribution in [3.8, 4) is 0 Å². The van der Waals surface area contributed by atoms with Gasteiger partial charge in [-0.2, -0.15) is 0 Å². The van der Waals surface area contributed by atoms with Gasteiger partial charge in [0, 0.05) is 45.0 Å². The number of aryl methyl sites for hydroxylation is 1. The number of benzene rings is 1. The zero-order valence-corrected chi connectivity index (χ0v) is 17.2. The van der Waals surface area contributed by atoms with Crippen molar-refractivity contribution in [1.82, 2.24) is 14.7 Å². The minimum atomic E-state index is 0.0370. The first-order valence-electron chi connectivity index (χ1n) is 10.8. The summed E-state index contributed by atoms with van der Waals surface area (Å²) in [6.45, 7) is 8.20. The van der Waals surface area contributed by atoms with E-state index in [-0.39, 0.29) is 11.8 Å². The lowest BCUT2D eigenvalue weighted by Gasteiger charge is -2.35. The van der Waals surface area contributed by atoms with E-state index in [1.54, 1.807) is 0 Å². The summed E-state index contributed by atoms with van der Waals surface area (Å²) in [7, 11) is 0. The monoisotopic (exact) mass is 386 g/mol. The molecule has 2 aliphatic heterocycles. The summed E-state index contributed by atoms with van der Waals surface area (Å²) >= 11 is 0. The first-order valence-corrected chi connectivity index (χ1v) is 10.8. The molecule has 0 bridgehead atoms. The quantitative estimate of drug-likeness (QED) is 0.814. The number of rotatable bonds is 6. The van der Waals surface area contributed by atoms with Crippen molar-refractivity contribution in [2.75, 3.05) is 57.7 Å². The Balaban J connectivity index is 1.40. The molecule has 0 unspecified atom stereocenters. The van der Waals surface area contributed by atoms with Gasteiger partial charge in [-0.3, -0.25) is 19.4 Å². The van der Waals surface area contributed by atoms with Crippen LogP contribution in [0.1, 0.15) is 38.2 Å². The zero-order valence-electron chi connectivity index (χ0n) is 17.2. The molecule has 0 radical (unpaired) electrons. The molecule has 154 valence electrons. The summed E-state index contributed by atoms with van der Waals surface area (Å²) in [6.07, 6.45) is 5.66. The van der Waals surface area contributed by atoms with Crippen LogP contribution in [-0.4, -0.2) is 78.9 Å². The lowest BCUT2D eigenvalue weighted by Crippen LogP contribution is -2.51. The number of likely N-dealkylation sites (tertiary alicyclic amines) is 1. The molecule has 0 saturated carbocycles. The topological polar surface area (TPSA) is 55.9 Å². The number of carbonyl (C=O) groups is 2. The smallest absolute Gasteiger partial charge is 0.238 e. The summed E-state index contributed by atoms with van der Waals surface area (Å²) in [5, 5.41) is 3.05. The Morgan fingerprint density at radius 3 is 2.11 bits per heavy atom. The summed E-state index contributed by atoms with van der Waals surface area (Å²) < 4.78 is 0. The van der Waals surface area contributed by atoms with Crippen molar-refractivity contribution in [3.63, 3.8) is 0 Å². The highest BCUT2D eigenvalue weighted by Crippen LogP contribution is 2.15. The molecule has 2 saturated heterocycles. The molecule has 3 rings (SSSR count). The average molecular weight is 387 g/mol. The van der Waals surface area contributed by atoms with E-state index in [9.17, 15) is 9.59 Å². The van der Waals surface area contributed by atoms with E-state index in [2.05, 4.69) is 28.1 Å². The lowest BCUT2D eigenvalue weighted by atomic mass is 10.1. The van der Waals surface area contributed by atoms with Crippen molar-refractivity contribution < 1.29 is 9.59 Å². The predicted octanol–water partition coefficient (Wildman–Crippen LogP) is 2.21. The number of para-hydroxylation sites is 1. The molecule has 0 aliphatic carbocycles. The molecule has 0 atom stereocenters. The minimum absolute atomic E-state index is 0.0370. The fourth-order valence-electron chi connectivity index (χ4n) is 4.06. The first-order chi connectivity index (χ1) is 13.7. The standard InChI is InChI=1S/C22H34N4O2/c1-2-19-9-5-6-10-20(19)23-21(27)17-24-13-15-25(16-14-24)18-22(28)26-11-7-3-4-8-12-26/h5-6,9-10H,2-4,7-8,11-18H2,1H3,(H,23,27). The highest BCUT2D eigenvalue weighted by atomic mass is 16.2. The molecule has 6 heteroatoms. The highest BCUT2D eigenvalue weighted by molar-refractivity contribution is 5.93. The van der Waals surface area contributed by atoms with Gasteiger partial charge in [-0.15, -0.1) is 0 Å². The van der Waals surface area contributed by atoms with Gasteiger partial charge in [-0.1, -0.05) is 38.0 Å². The van der Waals surface area contributed by atoms with Crippen LogP contribution in [0.2, 0.25) is 0 Å². The predicted molar refractivity (Wildman–Crippen MR) is 112 cm³/mol. The third-order valence-electron chi connectivity index (χ3n) is 5.82. The number of amides is 2. The van der Waals surface area contributed by atoms with E-state index in [4.69, 9.17) is 0 Å². The molecule has 28 heavy (non-hydrogen) atoms. The molecular formula is C22H34N4O2. The second-order valence-electron chi connectivity index (χ2n) is 7.91. The maximum atomic E-state index is 12.5. The largest absolute Gasteiger partial charge is 0.342 e. The Morgan fingerprint density at radius 2 is 1.46 bits per heavy atom. The number of nitrogens with zero attached hydrogens (tertiary/aromatic N) is 3. The van der Waals surface area contributed by atoms with Crippen LogP contribution in [0.25, 0.3) is 0 Å². The van der Waals surface area contributed by atoms with Gasteiger partial charge in [0.15, 0.2) is 0 Å². The molecule has 1 N–H and O–H groups in total. The van der Waals surface area contributed by atoms with Gasteiger partial charge in [0.25, 0.3) is 0 Å². The molecule has 2 amide bonds. The normalized spacial score (nSPS) is 19.2. The number of piperazine rings is 1. The number of carbonyl (C=O) groups excluding carboxylic acids is 2. The molecule has 6 nitrogen and oxygen atoms in total. The molecular weight excluding hydrogens is 352 g/mol. The van der Waals surface area contributed by atoms with Gasteiger partial charge in [-0.25, -0.2) is 0 Å². The molecule has 2 fully saturated rings. The van der Waals surface area contributed by atoms with Gasteiger partial charge >= 0.3 is 0 Å². The Labute approximate surface area is 168 Å². The fraction of sp³-hybridized carbons (Fsp3) is 0.636. The molecule has 2 aliphatic rings. The molecule has 1 aromatic carbocycles.